The lowest BCUT2D eigenvalue weighted by Gasteiger charge is -2.49. The maximum Gasteiger partial charge on any atom is 0.0535 e. The number of hydrogen-bond acceptors (Lipinski definition) is 2. The van der Waals surface area contributed by atoms with Crippen LogP contribution < -0.4 is 5.32 Å². The Bertz CT molecular complexity index is 438. The summed E-state index contributed by atoms with van der Waals surface area (Å²) in [6.07, 6.45) is 4.11. The van der Waals surface area contributed by atoms with Crippen molar-refractivity contribution in [2.24, 2.45) is 5.92 Å². The molecule has 20 heavy (non-hydrogen) atoms. The molecule has 0 aromatic heterocycles. The summed E-state index contributed by atoms with van der Waals surface area (Å²) in [4.78, 5) is 2.78. The third kappa shape index (κ3) is 2.64. The van der Waals surface area contributed by atoms with Gasteiger partial charge < -0.3 is 5.32 Å². The van der Waals surface area contributed by atoms with Crippen LogP contribution in [0.3, 0.4) is 0 Å². The number of nitrogens with one attached hydrogen (secondary N) is 1. The number of rotatable bonds is 4. The van der Waals surface area contributed by atoms with E-state index in [-0.39, 0.29) is 5.54 Å². The van der Waals surface area contributed by atoms with E-state index in [2.05, 4.69) is 61.3 Å². The van der Waals surface area contributed by atoms with Gasteiger partial charge in [0.05, 0.1) is 5.54 Å². The van der Waals surface area contributed by atoms with Crippen molar-refractivity contribution < 1.29 is 0 Å². The van der Waals surface area contributed by atoms with Crippen molar-refractivity contribution in [2.45, 2.75) is 57.7 Å². The Morgan fingerprint density at radius 1 is 1.30 bits per heavy atom. The van der Waals surface area contributed by atoms with E-state index in [1.54, 1.807) is 0 Å². The van der Waals surface area contributed by atoms with Gasteiger partial charge in [0.15, 0.2) is 0 Å². The van der Waals surface area contributed by atoms with Gasteiger partial charge in [-0.1, -0.05) is 37.3 Å². The van der Waals surface area contributed by atoms with Gasteiger partial charge in [-0.2, -0.15) is 0 Å². The Hall–Kier alpha value is -0.860. The second kappa shape index (κ2) is 5.50. The van der Waals surface area contributed by atoms with Crippen LogP contribution in [0.2, 0.25) is 0 Å². The fraction of sp³-hybridized carbons (Fsp3) is 0.667. The fourth-order valence-corrected chi connectivity index (χ4v) is 3.71. The average molecular weight is 272 g/mol. The third-order valence-corrected chi connectivity index (χ3v) is 5.41. The van der Waals surface area contributed by atoms with E-state index >= 15 is 0 Å². The Balaban J connectivity index is 1.81. The zero-order valence-corrected chi connectivity index (χ0v) is 13.1. The minimum absolute atomic E-state index is 0.0933. The van der Waals surface area contributed by atoms with E-state index in [0.717, 1.165) is 25.0 Å². The van der Waals surface area contributed by atoms with E-state index in [1.807, 2.05) is 0 Å². The highest BCUT2D eigenvalue weighted by Crippen LogP contribution is 2.38. The second-order valence-corrected chi connectivity index (χ2v) is 6.89. The molecule has 1 aromatic rings. The maximum absolute atomic E-state index is 3.82. The summed E-state index contributed by atoms with van der Waals surface area (Å²) < 4.78 is 0. The molecule has 0 amide bonds. The van der Waals surface area contributed by atoms with Crippen LogP contribution in [-0.4, -0.2) is 30.1 Å². The van der Waals surface area contributed by atoms with Gasteiger partial charge in [0.2, 0.25) is 0 Å². The normalized spacial score (nSPS) is 33.0. The summed E-state index contributed by atoms with van der Waals surface area (Å²) in [5.74, 6) is 0.946. The van der Waals surface area contributed by atoms with E-state index in [0.29, 0.717) is 6.04 Å². The summed E-state index contributed by atoms with van der Waals surface area (Å²) in [7, 11) is 0. The lowest BCUT2D eigenvalue weighted by atomic mass is 9.86. The van der Waals surface area contributed by atoms with Crippen molar-refractivity contribution in [3.63, 3.8) is 0 Å². The molecule has 2 aliphatic rings. The molecule has 2 nitrogen and oxygen atoms in total. The quantitative estimate of drug-likeness (QED) is 0.904. The first-order valence-corrected chi connectivity index (χ1v) is 8.20. The zero-order chi connectivity index (χ0) is 14.2. The molecule has 2 fully saturated rings. The van der Waals surface area contributed by atoms with Crippen LogP contribution in [-0.2, 0) is 5.54 Å². The SMILES string of the molecule is CCC1CNC(C)(c2ccccc2)CN1C(C)C1CC1. The molecule has 3 rings (SSSR count). The summed E-state index contributed by atoms with van der Waals surface area (Å²) in [6, 6.07) is 12.4. The molecule has 1 saturated heterocycles. The Morgan fingerprint density at radius 3 is 2.60 bits per heavy atom. The molecule has 1 heterocycles. The summed E-state index contributed by atoms with van der Waals surface area (Å²) >= 11 is 0. The first-order chi connectivity index (χ1) is 9.64. The standard InChI is InChI=1S/C18H28N2/c1-4-17-12-19-18(3,16-8-6-5-7-9-16)13-20(17)14(2)15-10-11-15/h5-9,14-15,17,19H,4,10-13H2,1-3H3. The average Bonchev–Trinajstić information content (AvgIpc) is 3.32. The predicted octanol–water partition coefficient (Wildman–Crippen LogP) is 3.38. The van der Waals surface area contributed by atoms with Crippen molar-refractivity contribution in [1.82, 2.24) is 10.2 Å². The van der Waals surface area contributed by atoms with Crippen LogP contribution in [0.5, 0.6) is 0 Å². The highest BCUT2D eigenvalue weighted by Gasteiger charge is 2.42. The Labute approximate surface area is 123 Å². The molecule has 0 bridgehead atoms. The monoisotopic (exact) mass is 272 g/mol. The first-order valence-electron chi connectivity index (χ1n) is 8.20. The van der Waals surface area contributed by atoms with Crippen LogP contribution in [0.25, 0.3) is 0 Å². The van der Waals surface area contributed by atoms with Crippen molar-refractivity contribution in [1.29, 1.82) is 0 Å². The lowest BCUT2D eigenvalue weighted by Crippen LogP contribution is -2.63. The van der Waals surface area contributed by atoms with Gasteiger partial charge in [0, 0.05) is 25.2 Å². The molecule has 1 aromatic carbocycles. The van der Waals surface area contributed by atoms with Crippen molar-refractivity contribution in [3.8, 4) is 0 Å². The highest BCUT2D eigenvalue weighted by atomic mass is 15.3. The second-order valence-electron chi connectivity index (χ2n) is 6.89. The van der Waals surface area contributed by atoms with E-state index < -0.39 is 0 Å². The zero-order valence-electron chi connectivity index (χ0n) is 13.1. The molecule has 0 radical (unpaired) electrons. The van der Waals surface area contributed by atoms with Gasteiger partial charge in [0.1, 0.15) is 0 Å². The maximum atomic E-state index is 3.82. The molecule has 110 valence electrons. The highest BCUT2D eigenvalue weighted by molar-refractivity contribution is 5.25. The van der Waals surface area contributed by atoms with Gasteiger partial charge in [-0.25, -0.2) is 0 Å². The molecular weight excluding hydrogens is 244 g/mol. The van der Waals surface area contributed by atoms with E-state index in [4.69, 9.17) is 0 Å². The van der Waals surface area contributed by atoms with E-state index in [1.165, 1.54) is 24.8 Å². The molecule has 1 saturated carbocycles. The van der Waals surface area contributed by atoms with Crippen molar-refractivity contribution >= 4 is 0 Å². The Kier molecular flexibility index (Phi) is 3.87. The number of piperazine rings is 1. The molecule has 0 spiro atoms. The first kappa shape index (κ1) is 14.1. The fourth-order valence-electron chi connectivity index (χ4n) is 3.71. The van der Waals surface area contributed by atoms with Crippen LogP contribution in [0, 0.1) is 5.92 Å². The smallest absolute Gasteiger partial charge is 0.0535 e. The van der Waals surface area contributed by atoms with Gasteiger partial charge in [-0.15, -0.1) is 0 Å². The van der Waals surface area contributed by atoms with E-state index in [9.17, 15) is 0 Å². The summed E-state index contributed by atoms with van der Waals surface area (Å²) in [5.41, 5.74) is 1.51. The molecule has 2 heteroatoms. The summed E-state index contributed by atoms with van der Waals surface area (Å²) in [5, 5.41) is 3.82. The van der Waals surface area contributed by atoms with Crippen LogP contribution in [0.1, 0.15) is 45.6 Å². The van der Waals surface area contributed by atoms with Crippen molar-refractivity contribution in [2.75, 3.05) is 13.1 Å². The topological polar surface area (TPSA) is 15.3 Å². The molecule has 3 unspecified atom stereocenters. The molecule has 1 aliphatic heterocycles. The minimum atomic E-state index is 0.0933. The van der Waals surface area contributed by atoms with Crippen LogP contribution >= 0.6 is 0 Å². The summed E-state index contributed by atoms with van der Waals surface area (Å²) in [6.45, 7) is 9.37. The van der Waals surface area contributed by atoms with Gasteiger partial charge in [-0.05, 0) is 44.6 Å². The third-order valence-electron chi connectivity index (χ3n) is 5.41. The van der Waals surface area contributed by atoms with Crippen LogP contribution in [0.4, 0.5) is 0 Å². The Morgan fingerprint density at radius 2 is 2.00 bits per heavy atom. The minimum Gasteiger partial charge on any atom is -0.305 e. The van der Waals surface area contributed by atoms with Gasteiger partial charge in [0.25, 0.3) is 0 Å². The van der Waals surface area contributed by atoms with Gasteiger partial charge in [-0.3, -0.25) is 4.90 Å². The number of hydrogen-bond donors (Lipinski definition) is 1. The predicted molar refractivity (Wildman–Crippen MR) is 84.8 cm³/mol. The number of nitrogens with zero attached hydrogens (tertiary/aromatic N) is 1. The molecule has 3 atom stereocenters. The molecular formula is C18H28N2. The molecule has 1 N–H and O–H groups in total. The van der Waals surface area contributed by atoms with Crippen molar-refractivity contribution in [3.05, 3.63) is 35.9 Å². The van der Waals surface area contributed by atoms with Gasteiger partial charge >= 0.3 is 0 Å². The number of benzene rings is 1. The molecule has 1 aliphatic carbocycles. The van der Waals surface area contributed by atoms with Crippen LogP contribution in [0.15, 0.2) is 30.3 Å². The largest absolute Gasteiger partial charge is 0.305 e. The lowest BCUT2D eigenvalue weighted by molar-refractivity contribution is 0.0422.